The molecule has 0 radical (unpaired) electrons. The van der Waals surface area contributed by atoms with Gasteiger partial charge >= 0.3 is 5.97 Å². The van der Waals surface area contributed by atoms with Gasteiger partial charge < -0.3 is 15.4 Å². The zero-order valence-corrected chi connectivity index (χ0v) is 18.1. The zero-order chi connectivity index (χ0) is 21.0. The second kappa shape index (κ2) is 9.34. The summed E-state index contributed by atoms with van der Waals surface area (Å²) in [6.45, 7) is 2.19. The predicted octanol–water partition coefficient (Wildman–Crippen LogP) is 4.94. The van der Waals surface area contributed by atoms with E-state index in [4.69, 9.17) is 28.6 Å². The molecule has 0 saturated carbocycles. The number of halogens is 2. The number of carbonyl (C=O) groups is 1. The molecule has 0 aliphatic rings. The van der Waals surface area contributed by atoms with Crippen LogP contribution in [0.1, 0.15) is 27.7 Å². The highest BCUT2D eigenvalue weighted by molar-refractivity contribution is 7.80. The lowest BCUT2D eigenvalue weighted by Gasteiger charge is -2.09. The Morgan fingerprint density at radius 3 is 2.90 bits per heavy atom. The Kier molecular flexibility index (Phi) is 6.83. The summed E-state index contributed by atoms with van der Waals surface area (Å²) >= 11 is 12.8. The molecular weight excluding hydrogens is 435 g/mol. The maximum Gasteiger partial charge on any atom is 0.340 e. The van der Waals surface area contributed by atoms with Crippen molar-refractivity contribution in [3.63, 3.8) is 0 Å². The minimum Gasteiger partial charge on any atom is -0.465 e. The van der Waals surface area contributed by atoms with Crippen molar-refractivity contribution in [2.45, 2.75) is 19.9 Å². The number of ether oxygens (including phenoxy) is 1. The van der Waals surface area contributed by atoms with Crippen molar-refractivity contribution in [3.8, 4) is 0 Å². The molecule has 10 heteroatoms. The molecule has 2 heterocycles. The molecule has 0 aliphatic carbocycles. The van der Waals surface area contributed by atoms with E-state index in [1.54, 1.807) is 35.3 Å². The normalized spacial score (nSPS) is 10.6. The van der Waals surface area contributed by atoms with Crippen molar-refractivity contribution < 1.29 is 13.9 Å². The van der Waals surface area contributed by atoms with Gasteiger partial charge in [0, 0.05) is 21.7 Å². The van der Waals surface area contributed by atoms with E-state index in [0.717, 1.165) is 11.3 Å². The molecule has 0 atom stereocenters. The van der Waals surface area contributed by atoms with Crippen molar-refractivity contribution in [1.29, 1.82) is 0 Å². The summed E-state index contributed by atoms with van der Waals surface area (Å²) in [5.74, 6) is -0.819. The van der Waals surface area contributed by atoms with Gasteiger partial charge in [-0.25, -0.2) is 9.18 Å². The summed E-state index contributed by atoms with van der Waals surface area (Å²) in [6, 6.07) is 6.33. The van der Waals surface area contributed by atoms with Crippen LogP contribution in [-0.4, -0.2) is 28.0 Å². The molecule has 0 aliphatic heterocycles. The maximum absolute atomic E-state index is 14.0. The van der Waals surface area contributed by atoms with Crippen molar-refractivity contribution >= 4 is 56.9 Å². The lowest BCUT2D eigenvalue weighted by atomic mass is 10.2. The summed E-state index contributed by atoms with van der Waals surface area (Å²) in [5.41, 5.74) is 1.41. The average Bonchev–Trinajstić information content (AvgIpc) is 3.30. The first kappa shape index (κ1) is 21.2. The lowest BCUT2D eigenvalue weighted by Crippen LogP contribution is -2.19. The lowest BCUT2D eigenvalue weighted by molar-refractivity contribution is 0.0602. The SMILES string of the molecule is CCc1cc(C(=O)OC)c(NC(=S)Nc2cnn(Cc3c(F)cccc3Cl)c2)s1. The minimum absolute atomic E-state index is 0.185. The van der Waals surface area contributed by atoms with E-state index in [-0.39, 0.29) is 12.4 Å². The third kappa shape index (κ3) is 5.11. The Balaban J connectivity index is 1.68. The highest BCUT2D eigenvalue weighted by atomic mass is 35.5. The molecule has 0 bridgehead atoms. The predicted molar refractivity (Wildman–Crippen MR) is 118 cm³/mol. The van der Waals surface area contributed by atoms with Gasteiger partial charge in [-0.05, 0) is 36.8 Å². The fourth-order valence-electron chi connectivity index (χ4n) is 2.60. The van der Waals surface area contributed by atoms with Gasteiger partial charge in [0.2, 0.25) is 0 Å². The number of aromatic nitrogens is 2. The van der Waals surface area contributed by atoms with E-state index in [2.05, 4.69) is 15.7 Å². The van der Waals surface area contributed by atoms with E-state index in [1.165, 1.54) is 24.5 Å². The quantitative estimate of drug-likeness (QED) is 0.407. The molecule has 1 aromatic carbocycles. The number of nitrogens with one attached hydrogen (secondary N) is 2. The van der Waals surface area contributed by atoms with Crippen LogP contribution in [-0.2, 0) is 17.7 Å². The van der Waals surface area contributed by atoms with Crippen LogP contribution in [0.4, 0.5) is 15.1 Å². The summed E-state index contributed by atoms with van der Waals surface area (Å²) in [4.78, 5) is 13.0. The molecule has 2 aromatic heterocycles. The topological polar surface area (TPSA) is 68.2 Å². The fraction of sp³-hybridized carbons (Fsp3) is 0.211. The van der Waals surface area contributed by atoms with Gasteiger partial charge in [-0.3, -0.25) is 4.68 Å². The number of methoxy groups -OCH3 is 1. The van der Waals surface area contributed by atoms with Crippen LogP contribution in [0.3, 0.4) is 0 Å². The van der Waals surface area contributed by atoms with Gasteiger partial charge in [0.15, 0.2) is 5.11 Å². The third-order valence-electron chi connectivity index (χ3n) is 4.04. The Bertz CT molecular complexity index is 1030. The van der Waals surface area contributed by atoms with Crippen LogP contribution in [0.25, 0.3) is 0 Å². The molecule has 3 aromatic rings. The van der Waals surface area contributed by atoms with E-state index >= 15 is 0 Å². The fourth-order valence-corrected chi connectivity index (χ4v) is 4.09. The van der Waals surface area contributed by atoms with Gasteiger partial charge in [0.25, 0.3) is 0 Å². The molecular formula is C19H18ClFN4O2S2. The largest absolute Gasteiger partial charge is 0.465 e. The Labute approximate surface area is 181 Å². The van der Waals surface area contributed by atoms with E-state index < -0.39 is 5.97 Å². The van der Waals surface area contributed by atoms with Gasteiger partial charge in [0.1, 0.15) is 10.8 Å². The molecule has 0 saturated heterocycles. The first-order chi connectivity index (χ1) is 13.9. The summed E-state index contributed by atoms with van der Waals surface area (Å²) in [5, 5.41) is 11.5. The number of hydrogen-bond acceptors (Lipinski definition) is 5. The molecule has 152 valence electrons. The first-order valence-corrected chi connectivity index (χ1v) is 10.3. The molecule has 0 unspecified atom stereocenters. The number of thiocarbonyl (C=S) groups is 1. The van der Waals surface area contributed by atoms with Crippen molar-refractivity contribution in [2.24, 2.45) is 0 Å². The number of rotatable bonds is 6. The smallest absolute Gasteiger partial charge is 0.340 e. The Morgan fingerprint density at radius 1 is 1.41 bits per heavy atom. The van der Waals surface area contributed by atoms with Gasteiger partial charge in [-0.1, -0.05) is 24.6 Å². The number of nitrogens with zero attached hydrogens (tertiary/aromatic N) is 2. The number of hydrogen-bond donors (Lipinski definition) is 2. The average molecular weight is 453 g/mol. The Morgan fingerprint density at radius 2 is 2.21 bits per heavy atom. The van der Waals surface area contributed by atoms with E-state index in [1.807, 2.05) is 6.92 Å². The van der Waals surface area contributed by atoms with Crippen molar-refractivity contribution in [1.82, 2.24) is 9.78 Å². The molecule has 0 amide bonds. The first-order valence-electron chi connectivity index (χ1n) is 8.65. The van der Waals surface area contributed by atoms with E-state index in [0.29, 0.717) is 32.0 Å². The summed E-state index contributed by atoms with van der Waals surface area (Å²) < 4.78 is 20.3. The summed E-state index contributed by atoms with van der Waals surface area (Å²) in [7, 11) is 1.34. The number of esters is 1. The van der Waals surface area contributed by atoms with Crippen LogP contribution >= 0.6 is 35.2 Å². The van der Waals surface area contributed by atoms with Gasteiger partial charge in [-0.15, -0.1) is 11.3 Å². The second-order valence-electron chi connectivity index (χ2n) is 6.01. The number of aryl methyl sites for hydroxylation is 1. The number of carbonyl (C=O) groups excluding carboxylic acids is 1. The van der Waals surface area contributed by atoms with Crippen LogP contribution in [0.5, 0.6) is 0 Å². The molecule has 29 heavy (non-hydrogen) atoms. The van der Waals surface area contributed by atoms with Gasteiger partial charge in [0.05, 0.1) is 31.1 Å². The van der Waals surface area contributed by atoms with E-state index in [9.17, 15) is 9.18 Å². The Hall–Kier alpha value is -2.49. The maximum atomic E-state index is 14.0. The number of benzene rings is 1. The van der Waals surface area contributed by atoms with Crippen molar-refractivity contribution in [3.05, 3.63) is 63.5 Å². The minimum atomic E-state index is -0.430. The highest BCUT2D eigenvalue weighted by Gasteiger charge is 2.17. The zero-order valence-electron chi connectivity index (χ0n) is 15.7. The second-order valence-corrected chi connectivity index (χ2v) is 7.96. The molecule has 0 fully saturated rings. The van der Waals surface area contributed by atoms with Crippen molar-refractivity contribution in [2.75, 3.05) is 17.7 Å². The molecule has 0 spiro atoms. The van der Waals surface area contributed by atoms with Crippen LogP contribution < -0.4 is 10.6 Å². The number of thiophene rings is 1. The molecule has 3 rings (SSSR count). The van der Waals surface area contributed by atoms with Gasteiger partial charge in [-0.2, -0.15) is 5.10 Å². The van der Waals surface area contributed by atoms with Crippen LogP contribution in [0.15, 0.2) is 36.7 Å². The standard InChI is InChI=1S/C19H18ClFN4O2S2/c1-3-12-7-13(18(26)27-2)17(29-12)24-19(28)23-11-8-22-25(9-11)10-14-15(20)5-4-6-16(14)21/h4-9H,3,10H2,1-2H3,(H2,23,24,28). The monoisotopic (exact) mass is 452 g/mol. The number of anilines is 2. The van der Waals surface area contributed by atoms with Crippen LogP contribution in [0, 0.1) is 5.82 Å². The molecule has 6 nitrogen and oxygen atoms in total. The van der Waals surface area contributed by atoms with Crippen LogP contribution in [0.2, 0.25) is 5.02 Å². The summed E-state index contributed by atoms with van der Waals surface area (Å²) in [6.07, 6.45) is 4.04. The molecule has 2 N–H and O–H groups in total. The third-order valence-corrected chi connectivity index (χ3v) is 5.79. The highest BCUT2D eigenvalue weighted by Crippen LogP contribution is 2.29.